The minimum absolute atomic E-state index is 0.352. The van der Waals surface area contributed by atoms with Gasteiger partial charge in [0.2, 0.25) is 0 Å². The van der Waals surface area contributed by atoms with Gasteiger partial charge in [-0.05, 0) is 77.3 Å². The standard InChI is InChI=1S/C19H38N2/c1-18(2,3)15-16-7-11-20(12-8-16)17-9-13-21(14-10-17)19(4,5)6/h16-17H,7-15H2,1-6H3. The van der Waals surface area contributed by atoms with Crippen LogP contribution in [0.25, 0.3) is 0 Å². The normalized spacial score (nSPS) is 25.4. The van der Waals surface area contributed by atoms with Gasteiger partial charge in [0.05, 0.1) is 0 Å². The molecule has 2 nitrogen and oxygen atoms in total. The molecule has 0 N–H and O–H groups in total. The van der Waals surface area contributed by atoms with Crippen LogP contribution in [0.3, 0.4) is 0 Å². The van der Waals surface area contributed by atoms with E-state index in [1.165, 1.54) is 58.3 Å². The maximum absolute atomic E-state index is 2.80. The maximum Gasteiger partial charge on any atom is 0.0125 e. The fourth-order valence-electron chi connectivity index (χ4n) is 4.29. The fourth-order valence-corrected chi connectivity index (χ4v) is 4.29. The van der Waals surface area contributed by atoms with Crippen molar-refractivity contribution in [2.45, 2.75) is 85.2 Å². The average molecular weight is 295 g/mol. The molecule has 0 atom stereocenters. The Kier molecular flexibility index (Phi) is 5.41. The lowest BCUT2D eigenvalue weighted by atomic mass is 9.80. The molecule has 2 heteroatoms. The minimum Gasteiger partial charge on any atom is -0.300 e. The Hall–Kier alpha value is -0.0800. The molecule has 2 aliphatic heterocycles. The van der Waals surface area contributed by atoms with Crippen molar-refractivity contribution in [3.05, 3.63) is 0 Å². The summed E-state index contributed by atoms with van der Waals surface area (Å²) in [6.45, 7) is 19.5. The summed E-state index contributed by atoms with van der Waals surface area (Å²) in [6, 6.07) is 0.860. The van der Waals surface area contributed by atoms with Crippen molar-refractivity contribution in [3.8, 4) is 0 Å². The summed E-state index contributed by atoms with van der Waals surface area (Å²) in [4.78, 5) is 5.47. The largest absolute Gasteiger partial charge is 0.300 e. The van der Waals surface area contributed by atoms with Gasteiger partial charge in [-0.15, -0.1) is 0 Å². The van der Waals surface area contributed by atoms with Gasteiger partial charge in [0.15, 0.2) is 0 Å². The van der Waals surface area contributed by atoms with Crippen molar-refractivity contribution in [1.82, 2.24) is 9.80 Å². The number of likely N-dealkylation sites (tertiary alicyclic amines) is 2. The molecule has 2 aliphatic rings. The highest BCUT2D eigenvalue weighted by Gasteiger charge is 2.32. The third kappa shape index (κ3) is 5.25. The first kappa shape index (κ1) is 17.3. The van der Waals surface area contributed by atoms with Crippen molar-refractivity contribution < 1.29 is 0 Å². The lowest BCUT2D eigenvalue weighted by molar-refractivity contribution is 0.0380. The minimum atomic E-state index is 0.352. The van der Waals surface area contributed by atoms with E-state index in [1.54, 1.807) is 0 Å². The van der Waals surface area contributed by atoms with Gasteiger partial charge < -0.3 is 4.90 Å². The molecule has 0 aromatic carbocycles. The summed E-state index contributed by atoms with van der Waals surface area (Å²) in [7, 11) is 0. The van der Waals surface area contributed by atoms with Crippen LogP contribution in [0.15, 0.2) is 0 Å². The molecule has 0 unspecified atom stereocenters. The zero-order chi connectivity index (χ0) is 15.7. The van der Waals surface area contributed by atoms with Crippen LogP contribution in [-0.2, 0) is 0 Å². The van der Waals surface area contributed by atoms with Gasteiger partial charge in [0.1, 0.15) is 0 Å². The number of hydrogen-bond acceptors (Lipinski definition) is 2. The molecule has 2 saturated heterocycles. The van der Waals surface area contributed by atoms with E-state index in [1.807, 2.05) is 0 Å². The van der Waals surface area contributed by atoms with Crippen LogP contribution in [0.2, 0.25) is 0 Å². The van der Waals surface area contributed by atoms with Gasteiger partial charge in [-0.25, -0.2) is 0 Å². The first-order valence-electron chi connectivity index (χ1n) is 9.14. The van der Waals surface area contributed by atoms with E-state index < -0.39 is 0 Å². The molecule has 2 rings (SSSR count). The van der Waals surface area contributed by atoms with Crippen LogP contribution in [0.5, 0.6) is 0 Å². The third-order valence-corrected chi connectivity index (χ3v) is 5.48. The maximum atomic E-state index is 2.80. The molecule has 0 spiro atoms. The van der Waals surface area contributed by atoms with E-state index in [9.17, 15) is 0 Å². The van der Waals surface area contributed by atoms with Gasteiger partial charge in [-0.1, -0.05) is 20.8 Å². The highest BCUT2D eigenvalue weighted by molar-refractivity contribution is 4.87. The molecule has 0 amide bonds. The van der Waals surface area contributed by atoms with Gasteiger partial charge >= 0.3 is 0 Å². The van der Waals surface area contributed by atoms with E-state index in [0.29, 0.717) is 11.0 Å². The molecule has 0 aromatic heterocycles. The molecule has 2 fully saturated rings. The zero-order valence-electron chi connectivity index (χ0n) is 15.4. The predicted molar refractivity (Wildman–Crippen MR) is 92.7 cm³/mol. The zero-order valence-corrected chi connectivity index (χ0v) is 15.4. The second-order valence-corrected chi connectivity index (χ2v) is 9.63. The molecule has 0 aliphatic carbocycles. The van der Waals surface area contributed by atoms with E-state index >= 15 is 0 Å². The summed E-state index contributed by atoms with van der Waals surface area (Å²) < 4.78 is 0. The second kappa shape index (κ2) is 6.58. The first-order chi connectivity index (χ1) is 9.65. The molecule has 21 heavy (non-hydrogen) atoms. The van der Waals surface area contributed by atoms with Crippen LogP contribution in [0, 0.1) is 11.3 Å². The Morgan fingerprint density at radius 1 is 0.762 bits per heavy atom. The molecule has 0 aromatic rings. The Balaban J connectivity index is 1.74. The van der Waals surface area contributed by atoms with Crippen molar-refractivity contribution in [3.63, 3.8) is 0 Å². The third-order valence-electron chi connectivity index (χ3n) is 5.48. The Bertz CT molecular complexity index is 307. The second-order valence-electron chi connectivity index (χ2n) is 9.63. The molecule has 0 radical (unpaired) electrons. The SMILES string of the molecule is CC(C)(C)CC1CCN(C2CCN(C(C)(C)C)CC2)CC1. The Morgan fingerprint density at radius 2 is 1.29 bits per heavy atom. The molecule has 0 bridgehead atoms. The molecule has 0 saturated carbocycles. The van der Waals surface area contributed by atoms with Crippen LogP contribution in [0.1, 0.15) is 73.6 Å². The number of rotatable bonds is 2. The summed E-state index contributed by atoms with van der Waals surface area (Å²) in [5, 5.41) is 0. The molecular weight excluding hydrogens is 256 g/mol. The first-order valence-corrected chi connectivity index (χ1v) is 9.14. The summed E-state index contributed by atoms with van der Waals surface area (Å²) in [6.07, 6.45) is 7.01. The predicted octanol–water partition coefficient (Wildman–Crippen LogP) is 4.40. The van der Waals surface area contributed by atoms with E-state index in [4.69, 9.17) is 0 Å². The fraction of sp³-hybridized carbons (Fsp3) is 1.00. The summed E-state index contributed by atoms with van der Waals surface area (Å²) >= 11 is 0. The van der Waals surface area contributed by atoms with Gasteiger partial charge in [-0.3, -0.25) is 4.90 Å². The Labute approximate surface area is 133 Å². The molecule has 2 heterocycles. The quantitative estimate of drug-likeness (QED) is 0.745. The van der Waals surface area contributed by atoms with E-state index in [2.05, 4.69) is 51.3 Å². The summed E-state index contributed by atoms with van der Waals surface area (Å²) in [5.41, 5.74) is 0.857. The van der Waals surface area contributed by atoms with Crippen molar-refractivity contribution in [2.24, 2.45) is 11.3 Å². The topological polar surface area (TPSA) is 6.48 Å². The molecular formula is C19H38N2. The highest BCUT2D eigenvalue weighted by atomic mass is 15.2. The van der Waals surface area contributed by atoms with Crippen LogP contribution >= 0.6 is 0 Å². The van der Waals surface area contributed by atoms with E-state index in [-0.39, 0.29) is 0 Å². The van der Waals surface area contributed by atoms with Gasteiger partial charge in [-0.2, -0.15) is 0 Å². The van der Waals surface area contributed by atoms with Gasteiger partial charge in [0.25, 0.3) is 0 Å². The molecule has 124 valence electrons. The average Bonchev–Trinajstić information content (AvgIpc) is 2.37. The van der Waals surface area contributed by atoms with E-state index in [0.717, 1.165) is 12.0 Å². The number of piperidine rings is 2. The number of nitrogens with zero attached hydrogens (tertiary/aromatic N) is 2. The summed E-state index contributed by atoms with van der Waals surface area (Å²) in [5.74, 6) is 0.968. The van der Waals surface area contributed by atoms with Crippen LogP contribution in [-0.4, -0.2) is 47.6 Å². The van der Waals surface area contributed by atoms with Crippen molar-refractivity contribution in [1.29, 1.82) is 0 Å². The van der Waals surface area contributed by atoms with Crippen LogP contribution < -0.4 is 0 Å². The lowest BCUT2D eigenvalue weighted by Crippen LogP contribution is -2.52. The Morgan fingerprint density at radius 3 is 1.71 bits per heavy atom. The number of hydrogen-bond donors (Lipinski definition) is 0. The lowest BCUT2D eigenvalue weighted by Gasteiger charge is -2.45. The van der Waals surface area contributed by atoms with Crippen LogP contribution in [0.4, 0.5) is 0 Å². The smallest absolute Gasteiger partial charge is 0.0125 e. The van der Waals surface area contributed by atoms with Crippen molar-refractivity contribution in [2.75, 3.05) is 26.2 Å². The van der Waals surface area contributed by atoms with Gasteiger partial charge in [0, 0.05) is 24.7 Å². The highest BCUT2D eigenvalue weighted by Crippen LogP contribution is 2.32. The van der Waals surface area contributed by atoms with Crippen molar-refractivity contribution >= 4 is 0 Å². The monoisotopic (exact) mass is 294 g/mol.